The third-order valence-corrected chi connectivity index (χ3v) is 2.80. The fourth-order valence-electron chi connectivity index (χ4n) is 1.79. The number of hydrogen-bond acceptors (Lipinski definition) is 2. The van der Waals surface area contributed by atoms with Crippen LogP contribution in [-0.2, 0) is 0 Å². The van der Waals surface area contributed by atoms with Crippen molar-refractivity contribution in [3.05, 3.63) is 29.3 Å². The molecular weight excluding hydrogens is 212 g/mol. The molecule has 0 aliphatic carbocycles. The van der Waals surface area contributed by atoms with Gasteiger partial charge in [-0.2, -0.15) is 0 Å². The van der Waals surface area contributed by atoms with Crippen LogP contribution in [0.2, 0.25) is 0 Å². The molecule has 1 aromatic rings. The van der Waals surface area contributed by atoms with Crippen LogP contribution in [0.1, 0.15) is 50.8 Å². The molecule has 96 valence electrons. The zero-order chi connectivity index (χ0) is 12.8. The van der Waals surface area contributed by atoms with E-state index >= 15 is 0 Å². The van der Waals surface area contributed by atoms with Crippen molar-refractivity contribution < 1.29 is 9.84 Å². The number of aryl methyl sites for hydroxylation is 1. The summed E-state index contributed by atoms with van der Waals surface area (Å²) in [5.41, 5.74) is 2.04. The molecule has 0 fully saturated rings. The van der Waals surface area contributed by atoms with E-state index in [1.807, 2.05) is 25.1 Å². The van der Waals surface area contributed by atoms with Gasteiger partial charge in [0.25, 0.3) is 0 Å². The van der Waals surface area contributed by atoms with Crippen molar-refractivity contribution in [2.75, 3.05) is 6.61 Å². The topological polar surface area (TPSA) is 29.5 Å². The van der Waals surface area contributed by atoms with Crippen LogP contribution in [0.4, 0.5) is 0 Å². The fourth-order valence-corrected chi connectivity index (χ4v) is 1.79. The second-order valence-corrected chi connectivity index (χ2v) is 5.10. The molecule has 0 aliphatic rings. The molecule has 0 bridgehead atoms. The fraction of sp³-hybridized carbons (Fsp3) is 0.600. The highest BCUT2D eigenvalue weighted by molar-refractivity contribution is 5.38. The van der Waals surface area contributed by atoms with E-state index < -0.39 is 6.10 Å². The van der Waals surface area contributed by atoms with Crippen molar-refractivity contribution in [2.24, 2.45) is 5.92 Å². The first-order valence-electron chi connectivity index (χ1n) is 6.42. The van der Waals surface area contributed by atoms with Gasteiger partial charge in [-0.1, -0.05) is 26.0 Å². The van der Waals surface area contributed by atoms with Gasteiger partial charge < -0.3 is 9.84 Å². The smallest absolute Gasteiger partial charge is 0.125 e. The standard InChI is InChI=1S/C15H24O2/c1-11(2)6-5-9-17-15-10-12(3)7-8-14(15)13(4)16/h7-8,10-11,13,16H,5-6,9H2,1-4H3/t13-/m1/s1. The Labute approximate surface area is 105 Å². The van der Waals surface area contributed by atoms with Crippen LogP contribution in [0.15, 0.2) is 18.2 Å². The summed E-state index contributed by atoms with van der Waals surface area (Å²) in [5, 5.41) is 9.66. The maximum Gasteiger partial charge on any atom is 0.125 e. The molecule has 0 saturated carbocycles. The minimum atomic E-state index is -0.476. The SMILES string of the molecule is Cc1ccc([C@@H](C)O)c(OCCCC(C)C)c1. The molecule has 0 heterocycles. The zero-order valence-corrected chi connectivity index (χ0v) is 11.4. The molecule has 0 spiro atoms. The number of hydrogen-bond donors (Lipinski definition) is 1. The van der Waals surface area contributed by atoms with Crippen LogP contribution in [0.3, 0.4) is 0 Å². The molecule has 0 radical (unpaired) electrons. The van der Waals surface area contributed by atoms with Gasteiger partial charge in [-0.05, 0) is 44.2 Å². The monoisotopic (exact) mass is 236 g/mol. The predicted octanol–water partition coefficient (Wildman–Crippen LogP) is 3.86. The number of benzene rings is 1. The highest BCUT2D eigenvalue weighted by Gasteiger charge is 2.09. The maximum atomic E-state index is 9.66. The lowest BCUT2D eigenvalue weighted by atomic mass is 10.1. The van der Waals surface area contributed by atoms with Gasteiger partial charge in [0, 0.05) is 5.56 Å². The van der Waals surface area contributed by atoms with E-state index in [4.69, 9.17) is 4.74 Å². The van der Waals surface area contributed by atoms with Crippen molar-refractivity contribution in [1.82, 2.24) is 0 Å². The maximum absolute atomic E-state index is 9.66. The predicted molar refractivity (Wildman–Crippen MR) is 71.4 cm³/mol. The average molecular weight is 236 g/mol. The third-order valence-electron chi connectivity index (χ3n) is 2.80. The Hall–Kier alpha value is -1.02. The second kappa shape index (κ2) is 6.65. The number of rotatable bonds is 6. The highest BCUT2D eigenvalue weighted by Crippen LogP contribution is 2.26. The molecule has 1 aromatic carbocycles. The summed E-state index contributed by atoms with van der Waals surface area (Å²) < 4.78 is 5.77. The van der Waals surface area contributed by atoms with Gasteiger partial charge in [0.15, 0.2) is 0 Å². The van der Waals surface area contributed by atoms with E-state index in [0.29, 0.717) is 5.92 Å². The quantitative estimate of drug-likeness (QED) is 0.760. The van der Waals surface area contributed by atoms with Gasteiger partial charge >= 0.3 is 0 Å². The molecule has 1 rings (SSSR count). The van der Waals surface area contributed by atoms with Crippen LogP contribution in [0.5, 0.6) is 5.75 Å². The van der Waals surface area contributed by atoms with Crippen LogP contribution < -0.4 is 4.74 Å². The van der Waals surface area contributed by atoms with E-state index in [1.165, 1.54) is 6.42 Å². The second-order valence-electron chi connectivity index (χ2n) is 5.10. The molecule has 0 unspecified atom stereocenters. The van der Waals surface area contributed by atoms with Crippen molar-refractivity contribution >= 4 is 0 Å². The molecule has 1 atom stereocenters. The van der Waals surface area contributed by atoms with Gasteiger partial charge in [0.1, 0.15) is 5.75 Å². The summed E-state index contributed by atoms with van der Waals surface area (Å²) in [7, 11) is 0. The molecule has 17 heavy (non-hydrogen) atoms. The molecular formula is C15H24O2. The molecule has 2 nitrogen and oxygen atoms in total. The minimum absolute atomic E-state index is 0.476. The van der Waals surface area contributed by atoms with Gasteiger partial charge in [-0.15, -0.1) is 0 Å². The summed E-state index contributed by atoms with van der Waals surface area (Å²) in [6, 6.07) is 5.94. The Morgan fingerprint density at radius 1 is 1.24 bits per heavy atom. The summed E-state index contributed by atoms with van der Waals surface area (Å²) >= 11 is 0. The molecule has 0 saturated heterocycles. The lowest BCUT2D eigenvalue weighted by Crippen LogP contribution is -2.03. The largest absolute Gasteiger partial charge is 0.493 e. The van der Waals surface area contributed by atoms with Gasteiger partial charge in [-0.3, -0.25) is 0 Å². The first-order valence-corrected chi connectivity index (χ1v) is 6.42. The lowest BCUT2D eigenvalue weighted by Gasteiger charge is -2.14. The molecule has 0 amide bonds. The van der Waals surface area contributed by atoms with Gasteiger partial charge in [0.2, 0.25) is 0 Å². The van der Waals surface area contributed by atoms with Crippen LogP contribution in [0.25, 0.3) is 0 Å². The van der Waals surface area contributed by atoms with Crippen molar-refractivity contribution in [3.63, 3.8) is 0 Å². The Balaban J connectivity index is 2.59. The first kappa shape index (κ1) is 14.0. The molecule has 1 N–H and O–H groups in total. The van der Waals surface area contributed by atoms with E-state index in [0.717, 1.165) is 29.9 Å². The first-order chi connectivity index (χ1) is 8.00. The molecule has 0 aromatic heterocycles. The van der Waals surface area contributed by atoms with Crippen LogP contribution >= 0.6 is 0 Å². The van der Waals surface area contributed by atoms with Crippen molar-refractivity contribution in [1.29, 1.82) is 0 Å². The Bertz CT molecular complexity index is 343. The van der Waals surface area contributed by atoms with Gasteiger partial charge in [0.05, 0.1) is 12.7 Å². The molecule has 2 heteroatoms. The summed E-state index contributed by atoms with van der Waals surface area (Å²) in [6.07, 6.45) is 1.76. The van der Waals surface area contributed by atoms with E-state index in [9.17, 15) is 5.11 Å². The Morgan fingerprint density at radius 2 is 1.94 bits per heavy atom. The van der Waals surface area contributed by atoms with E-state index in [-0.39, 0.29) is 0 Å². The zero-order valence-electron chi connectivity index (χ0n) is 11.4. The summed E-state index contributed by atoms with van der Waals surface area (Å²) in [4.78, 5) is 0. The summed E-state index contributed by atoms with van der Waals surface area (Å²) in [6.45, 7) is 8.96. The number of aliphatic hydroxyl groups excluding tert-OH is 1. The van der Waals surface area contributed by atoms with E-state index in [2.05, 4.69) is 13.8 Å². The van der Waals surface area contributed by atoms with Crippen molar-refractivity contribution in [3.8, 4) is 5.75 Å². The van der Waals surface area contributed by atoms with Crippen LogP contribution in [-0.4, -0.2) is 11.7 Å². The summed E-state index contributed by atoms with van der Waals surface area (Å²) in [5.74, 6) is 1.54. The van der Waals surface area contributed by atoms with Crippen LogP contribution in [0, 0.1) is 12.8 Å². The Kier molecular flexibility index (Phi) is 5.49. The highest BCUT2D eigenvalue weighted by atomic mass is 16.5. The normalized spacial score (nSPS) is 12.8. The molecule has 0 aliphatic heterocycles. The average Bonchev–Trinajstić information content (AvgIpc) is 2.23. The lowest BCUT2D eigenvalue weighted by molar-refractivity contribution is 0.190. The van der Waals surface area contributed by atoms with Crippen molar-refractivity contribution in [2.45, 2.75) is 46.6 Å². The number of aliphatic hydroxyl groups is 1. The van der Waals surface area contributed by atoms with E-state index in [1.54, 1.807) is 6.92 Å². The van der Waals surface area contributed by atoms with Gasteiger partial charge in [-0.25, -0.2) is 0 Å². The minimum Gasteiger partial charge on any atom is -0.493 e. The third kappa shape index (κ3) is 4.78. The number of ether oxygens (including phenoxy) is 1. The Morgan fingerprint density at radius 3 is 2.53 bits per heavy atom.